The van der Waals surface area contributed by atoms with Crippen molar-refractivity contribution in [3.8, 4) is 33.9 Å². The van der Waals surface area contributed by atoms with Crippen LogP contribution < -0.4 is 16.0 Å². The summed E-state index contributed by atoms with van der Waals surface area (Å²) in [7, 11) is 0. The number of nitrogens with one attached hydrogen (secondary N) is 3. The molecular formula is C48H51Cl6N7O2. The lowest BCUT2D eigenvalue weighted by Crippen LogP contribution is -2.27. The molecule has 0 aliphatic rings. The number of hydrogen-bond donors (Lipinski definition) is 3. The molecule has 0 unspecified atom stereocenters. The molecule has 0 saturated heterocycles. The second-order valence-corrected chi connectivity index (χ2v) is 18.0. The lowest BCUT2D eigenvalue weighted by Gasteiger charge is -2.11. The van der Waals surface area contributed by atoms with E-state index in [1.807, 2.05) is 38.1 Å². The highest BCUT2D eigenvalue weighted by atomic mass is 35.5. The van der Waals surface area contributed by atoms with Crippen molar-refractivity contribution in [3.63, 3.8) is 0 Å². The predicted molar refractivity (Wildman–Crippen MR) is 261 cm³/mol. The van der Waals surface area contributed by atoms with E-state index in [-0.39, 0.29) is 11.8 Å². The fourth-order valence-corrected chi connectivity index (χ4v) is 8.68. The van der Waals surface area contributed by atoms with Gasteiger partial charge in [0.05, 0.1) is 32.8 Å². The average Bonchev–Trinajstić information content (AvgIpc) is 3.78. The third-order valence-corrected chi connectivity index (χ3v) is 12.4. The summed E-state index contributed by atoms with van der Waals surface area (Å²) in [6.45, 7) is 6.90. The molecule has 6 rings (SSSR count). The van der Waals surface area contributed by atoms with Crippen molar-refractivity contribution in [1.29, 1.82) is 0 Å². The van der Waals surface area contributed by atoms with E-state index in [0.717, 1.165) is 99.6 Å². The Morgan fingerprint density at radius 1 is 0.460 bits per heavy atom. The maximum Gasteiger partial charge on any atom is 0.270 e. The van der Waals surface area contributed by atoms with Crippen LogP contribution in [-0.2, 0) is 0 Å². The number of nitrogens with zero attached hydrogens (tertiary/aromatic N) is 4. The van der Waals surface area contributed by atoms with E-state index < -0.39 is 0 Å². The molecule has 4 aromatic carbocycles. The molecule has 0 atom stereocenters. The van der Waals surface area contributed by atoms with Crippen molar-refractivity contribution < 1.29 is 9.59 Å². The second kappa shape index (κ2) is 23.7. The van der Waals surface area contributed by atoms with E-state index in [4.69, 9.17) is 79.8 Å². The van der Waals surface area contributed by atoms with Gasteiger partial charge in [-0.1, -0.05) is 132 Å². The van der Waals surface area contributed by atoms with Crippen molar-refractivity contribution in [2.75, 3.05) is 26.2 Å². The standard InChI is InChI=1S/C48H51Cl6N7O2/c1-31-43(33-13-17-35(49)18-14-33)58-60(41-23-21-37(51)29-39(41)53)45(31)47(62)56-27-11-7-3-5-9-25-55-26-10-6-4-8-12-28-57-48(63)46-32(2)44(34-15-19-36(50)20-16-34)59-61(46)42-24-22-38(52)30-40(42)54/h13-24,29-30,55H,3-12,25-28H2,1-2H3,(H,56,62)(H,57,63). The predicted octanol–water partition coefficient (Wildman–Crippen LogP) is 13.6. The minimum atomic E-state index is -0.205. The summed E-state index contributed by atoms with van der Waals surface area (Å²) < 4.78 is 3.20. The van der Waals surface area contributed by atoms with Gasteiger partial charge in [-0.2, -0.15) is 10.2 Å². The normalized spacial score (nSPS) is 11.3. The van der Waals surface area contributed by atoms with Crippen LogP contribution in [0.3, 0.4) is 0 Å². The van der Waals surface area contributed by atoms with Gasteiger partial charge in [-0.25, -0.2) is 9.36 Å². The first-order valence-corrected chi connectivity index (χ1v) is 23.6. The van der Waals surface area contributed by atoms with E-state index in [1.165, 1.54) is 0 Å². The first-order chi connectivity index (χ1) is 30.4. The lowest BCUT2D eigenvalue weighted by molar-refractivity contribution is 0.0936. The molecule has 0 spiro atoms. The molecule has 15 heteroatoms. The van der Waals surface area contributed by atoms with Gasteiger partial charge in [-0.15, -0.1) is 0 Å². The van der Waals surface area contributed by atoms with Gasteiger partial charge in [0.25, 0.3) is 11.8 Å². The molecule has 3 N–H and O–H groups in total. The van der Waals surface area contributed by atoms with Crippen LogP contribution in [0.4, 0.5) is 0 Å². The molecule has 0 saturated carbocycles. The first-order valence-electron chi connectivity index (χ1n) is 21.3. The van der Waals surface area contributed by atoms with Crippen LogP contribution in [0.25, 0.3) is 33.9 Å². The molecule has 6 aromatic rings. The summed E-state index contributed by atoms with van der Waals surface area (Å²) >= 11 is 37.7. The molecule has 63 heavy (non-hydrogen) atoms. The molecule has 2 amide bonds. The zero-order valence-electron chi connectivity index (χ0n) is 35.4. The molecule has 2 heterocycles. The van der Waals surface area contributed by atoms with E-state index in [1.54, 1.807) is 70.0 Å². The number of carbonyl (C=O) groups excluding carboxylic acids is 2. The van der Waals surface area contributed by atoms with Crippen LogP contribution in [0.15, 0.2) is 84.9 Å². The minimum absolute atomic E-state index is 0.205. The summed E-state index contributed by atoms with van der Waals surface area (Å²) in [6.07, 6.45) is 10.5. The van der Waals surface area contributed by atoms with Gasteiger partial charge in [0.2, 0.25) is 0 Å². The van der Waals surface area contributed by atoms with Gasteiger partial charge in [-0.05, 0) is 113 Å². The number of rotatable bonds is 22. The summed E-state index contributed by atoms with van der Waals surface area (Å²) in [5.41, 5.74) is 6.57. The van der Waals surface area contributed by atoms with E-state index in [9.17, 15) is 9.59 Å². The van der Waals surface area contributed by atoms with Gasteiger partial charge < -0.3 is 16.0 Å². The Hall–Kier alpha value is -4.06. The van der Waals surface area contributed by atoms with Crippen LogP contribution in [0.5, 0.6) is 0 Å². The number of unbranched alkanes of at least 4 members (excludes halogenated alkanes) is 8. The number of aromatic nitrogens is 4. The highest BCUT2D eigenvalue weighted by Crippen LogP contribution is 2.33. The van der Waals surface area contributed by atoms with Gasteiger partial charge >= 0.3 is 0 Å². The lowest BCUT2D eigenvalue weighted by atomic mass is 10.1. The van der Waals surface area contributed by atoms with E-state index >= 15 is 0 Å². The number of hydrogen-bond acceptors (Lipinski definition) is 5. The Morgan fingerprint density at radius 3 is 1.16 bits per heavy atom. The SMILES string of the molecule is Cc1c(-c2ccc(Cl)cc2)nn(-c2ccc(Cl)cc2Cl)c1C(=O)NCCCCCCCNCCCCCCCNC(=O)c1c(C)c(-c2ccc(Cl)cc2)nn1-c1ccc(Cl)cc1Cl. The van der Waals surface area contributed by atoms with Gasteiger partial charge in [-0.3, -0.25) is 9.59 Å². The summed E-state index contributed by atoms with van der Waals surface area (Å²) in [5.74, 6) is -0.411. The molecule has 0 radical (unpaired) electrons. The molecule has 2 aromatic heterocycles. The molecular weight excluding hydrogens is 919 g/mol. The maximum atomic E-state index is 13.6. The third kappa shape index (κ3) is 13.0. The summed E-state index contributed by atoms with van der Waals surface area (Å²) in [4.78, 5) is 27.2. The van der Waals surface area contributed by atoms with Crippen molar-refractivity contribution in [1.82, 2.24) is 35.5 Å². The fraction of sp³-hybridized carbons (Fsp3) is 0.333. The van der Waals surface area contributed by atoms with Crippen molar-refractivity contribution >= 4 is 81.4 Å². The quantitative estimate of drug-likeness (QED) is 0.0588. The minimum Gasteiger partial charge on any atom is -0.351 e. The van der Waals surface area contributed by atoms with Crippen LogP contribution in [0.1, 0.15) is 96.3 Å². The molecule has 0 fully saturated rings. The monoisotopic (exact) mass is 967 g/mol. The van der Waals surface area contributed by atoms with Gasteiger partial charge in [0.15, 0.2) is 0 Å². The smallest absolute Gasteiger partial charge is 0.270 e. The number of amides is 2. The highest BCUT2D eigenvalue weighted by Gasteiger charge is 2.25. The van der Waals surface area contributed by atoms with Crippen LogP contribution in [0, 0.1) is 13.8 Å². The van der Waals surface area contributed by atoms with Crippen LogP contribution in [-0.4, -0.2) is 57.6 Å². The second-order valence-electron chi connectivity index (χ2n) is 15.5. The Balaban J connectivity index is 0.842. The van der Waals surface area contributed by atoms with Gasteiger partial charge in [0, 0.05) is 55.4 Å². The average molecular weight is 971 g/mol. The van der Waals surface area contributed by atoms with Crippen molar-refractivity contribution in [2.45, 2.75) is 78.1 Å². The van der Waals surface area contributed by atoms with Crippen LogP contribution in [0.2, 0.25) is 30.1 Å². The molecule has 332 valence electrons. The van der Waals surface area contributed by atoms with E-state index in [0.29, 0.717) is 77.4 Å². The van der Waals surface area contributed by atoms with Crippen LogP contribution >= 0.6 is 69.6 Å². The van der Waals surface area contributed by atoms with Gasteiger partial charge in [0.1, 0.15) is 11.4 Å². The fourth-order valence-electron chi connectivity index (χ4n) is 7.45. The summed E-state index contributed by atoms with van der Waals surface area (Å²) in [6, 6.07) is 25.0. The van der Waals surface area contributed by atoms with Crippen molar-refractivity contribution in [3.05, 3.63) is 138 Å². The highest BCUT2D eigenvalue weighted by molar-refractivity contribution is 6.36. The third-order valence-electron chi connectivity index (χ3n) is 10.8. The zero-order chi connectivity index (χ0) is 44.9. The molecule has 9 nitrogen and oxygen atoms in total. The Morgan fingerprint density at radius 2 is 0.794 bits per heavy atom. The van der Waals surface area contributed by atoms with E-state index in [2.05, 4.69) is 16.0 Å². The molecule has 0 bridgehead atoms. The number of halogens is 6. The number of carbonyl (C=O) groups is 2. The first kappa shape index (κ1) is 48.4. The maximum absolute atomic E-state index is 13.6. The summed E-state index contributed by atoms with van der Waals surface area (Å²) in [5, 5.41) is 22.4. The zero-order valence-corrected chi connectivity index (χ0v) is 39.9. The van der Waals surface area contributed by atoms with Crippen molar-refractivity contribution in [2.24, 2.45) is 0 Å². The number of benzene rings is 4. The Labute approximate surface area is 399 Å². The Bertz CT molecular complexity index is 2310. The topological polar surface area (TPSA) is 106 Å². The molecule has 0 aliphatic heterocycles. The largest absolute Gasteiger partial charge is 0.351 e. The Kier molecular flexibility index (Phi) is 18.2. The molecule has 0 aliphatic carbocycles.